The van der Waals surface area contributed by atoms with Gasteiger partial charge in [0.25, 0.3) is 0 Å². The zero-order valence-corrected chi connectivity index (χ0v) is 12.2. The number of hydrazine groups is 1. The molecule has 0 aromatic heterocycles. The third kappa shape index (κ3) is 2.29. The number of likely N-dealkylation sites (tertiary alicyclic amines) is 1. The largest absolute Gasteiger partial charge is 0.398 e. The summed E-state index contributed by atoms with van der Waals surface area (Å²) >= 11 is 0. The molecule has 5 nitrogen and oxygen atoms in total. The van der Waals surface area contributed by atoms with Crippen LogP contribution in [0.4, 0.5) is 0 Å². The molecule has 1 saturated heterocycles. The summed E-state index contributed by atoms with van der Waals surface area (Å²) in [6, 6.07) is 0.652. The van der Waals surface area contributed by atoms with E-state index in [1.807, 2.05) is 0 Å². The lowest BCUT2D eigenvalue weighted by Gasteiger charge is -2.34. The van der Waals surface area contributed by atoms with Crippen molar-refractivity contribution in [2.24, 2.45) is 5.73 Å². The van der Waals surface area contributed by atoms with Gasteiger partial charge >= 0.3 is 0 Å². The third-order valence-electron chi connectivity index (χ3n) is 4.08. The molecule has 1 unspecified atom stereocenters. The van der Waals surface area contributed by atoms with Crippen molar-refractivity contribution in [1.29, 1.82) is 0 Å². The van der Waals surface area contributed by atoms with Crippen LogP contribution in [0.1, 0.15) is 20.3 Å². The highest BCUT2D eigenvalue weighted by atomic mass is 15.7. The Morgan fingerprint density at radius 3 is 2.50 bits per heavy atom. The molecule has 0 radical (unpaired) electrons. The minimum Gasteiger partial charge on any atom is -0.398 e. The maximum atomic E-state index is 6.25. The van der Waals surface area contributed by atoms with E-state index in [-0.39, 0.29) is 0 Å². The van der Waals surface area contributed by atoms with Crippen LogP contribution in [0.5, 0.6) is 0 Å². The first kappa shape index (κ1) is 13.5. The number of likely N-dealkylation sites (N-methyl/N-ethyl adjacent to an activating group) is 2. The Hall–Kier alpha value is -0.940. The predicted octanol–water partition coefficient (Wildman–Crippen LogP) is 0.323. The Bertz CT molecular complexity index is 325. The fourth-order valence-electron chi connectivity index (χ4n) is 3.01. The van der Waals surface area contributed by atoms with E-state index in [0.29, 0.717) is 6.04 Å². The van der Waals surface area contributed by atoms with Gasteiger partial charge in [0.05, 0.1) is 12.2 Å². The minimum absolute atomic E-state index is 0.652. The van der Waals surface area contributed by atoms with Crippen LogP contribution in [-0.4, -0.2) is 72.7 Å². The molecule has 0 aromatic carbocycles. The molecule has 2 aliphatic rings. The number of nitrogens with zero attached hydrogens (tertiary/aromatic N) is 4. The second-order valence-corrected chi connectivity index (χ2v) is 5.40. The smallest absolute Gasteiger partial charge is 0.139 e. The van der Waals surface area contributed by atoms with Crippen molar-refractivity contribution < 1.29 is 0 Å². The Balaban J connectivity index is 2.10. The van der Waals surface area contributed by atoms with E-state index in [9.17, 15) is 0 Å². The van der Waals surface area contributed by atoms with Crippen LogP contribution in [0, 0.1) is 0 Å². The molecule has 0 aromatic rings. The highest BCUT2D eigenvalue weighted by Crippen LogP contribution is 2.27. The van der Waals surface area contributed by atoms with E-state index in [1.54, 1.807) is 0 Å². The highest BCUT2D eigenvalue weighted by molar-refractivity contribution is 5.17. The van der Waals surface area contributed by atoms with E-state index >= 15 is 0 Å². The molecule has 1 fully saturated rings. The summed E-state index contributed by atoms with van der Waals surface area (Å²) in [5, 5.41) is 4.67. The summed E-state index contributed by atoms with van der Waals surface area (Å²) in [6.45, 7) is 9.48. The second-order valence-electron chi connectivity index (χ2n) is 5.40. The monoisotopic (exact) mass is 253 g/mol. The van der Waals surface area contributed by atoms with Gasteiger partial charge < -0.3 is 15.5 Å². The van der Waals surface area contributed by atoms with Crippen LogP contribution in [0.2, 0.25) is 0 Å². The van der Waals surface area contributed by atoms with Crippen molar-refractivity contribution in [1.82, 2.24) is 19.8 Å². The number of hydrogen-bond donors (Lipinski definition) is 1. The molecule has 2 rings (SSSR count). The average molecular weight is 253 g/mol. The zero-order valence-electron chi connectivity index (χ0n) is 12.2. The summed E-state index contributed by atoms with van der Waals surface area (Å²) in [6.07, 6.45) is 1.23. The molecule has 0 bridgehead atoms. The number of nitrogens with two attached hydrogens (primary N) is 1. The summed E-state index contributed by atoms with van der Waals surface area (Å²) in [7, 11) is 4.33. The van der Waals surface area contributed by atoms with Gasteiger partial charge in [-0.2, -0.15) is 0 Å². The standard InChI is InChI=1S/C13H27N5/c1-5-17-10-12(14)13(18(17)6-2)16-8-7-11(9-16)15(3)4/h11H,5-10,14H2,1-4H3. The maximum Gasteiger partial charge on any atom is 0.139 e. The van der Waals surface area contributed by atoms with Crippen LogP contribution in [-0.2, 0) is 0 Å². The van der Waals surface area contributed by atoms with Crippen molar-refractivity contribution in [2.45, 2.75) is 26.3 Å². The van der Waals surface area contributed by atoms with E-state index in [2.05, 4.69) is 47.8 Å². The lowest BCUT2D eigenvalue weighted by Crippen LogP contribution is -2.42. The lowest BCUT2D eigenvalue weighted by molar-refractivity contribution is 0.0236. The van der Waals surface area contributed by atoms with Crippen LogP contribution in [0.25, 0.3) is 0 Å². The Labute approximate surface area is 111 Å². The normalized spacial score (nSPS) is 25.9. The van der Waals surface area contributed by atoms with Gasteiger partial charge in [0.1, 0.15) is 5.82 Å². The first-order chi connectivity index (χ1) is 8.58. The van der Waals surface area contributed by atoms with Gasteiger partial charge in [-0.25, -0.2) is 5.01 Å². The molecule has 0 saturated carbocycles. The minimum atomic E-state index is 0.652. The van der Waals surface area contributed by atoms with Crippen molar-refractivity contribution in [3.63, 3.8) is 0 Å². The molecular weight excluding hydrogens is 226 g/mol. The molecule has 0 aliphatic carbocycles. The molecular formula is C13H27N5. The van der Waals surface area contributed by atoms with Gasteiger partial charge in [0.2, 0.25) is 0 Å². The molecule has 18 heavy (non-hydrogen) atoms. The lowest BCUT2D eigenvalue weighted by atomic mass is 10.2. The van der Waals surface area contributed by atoms with E-state index in [4.69, 9.17) is 5.73 Å². The molecule has 2 N–H and O–H groups in total. The zero-order chi connectivity index (χ0) is 13.3. The van der Waals surface area contributed by atoms with Crippen LogP contribution in [0.15, 0.2) is 11.5 Å². The SMILES string of the molecule is CCN1CC(N)=C(N2CCC(N(C)C)C2)N1CC. The van der Waals surface area contributed by atoms with E-state index in [0.717, 1.165) is 38.4 Å². The van der Waals surface area contributed by atoms with Crippen molar-refractivity contribution in [3.8, 4) is 0 Å². The molecule has 1 atom stereocenters. The van der Waals surface area contributed by atoms with Gasteiger partial charge in [0.15, 0.2) is 0 Å². The molecule has 0 amide bonds. The average Bonchev–Trinajstić information content (AvgIpc) is 2.92. The topological polar surface area (TPSA) is 39.0 Å². The highest BCUT2D eigenvalue weighted by Gasteiger charge is 2.34. The molecule has 2 aliphatic heterocycles. The number of rotatable bonds is 4. The first-order valence-electron chi connectivity index (χ1n) is 7.00. The Morgan fingerprint density at radius 1 is 1.28 bits per heavy atom. The quantitative estimate of drug-likeness (QED) is 0.781. The molecule has 0 spiro atoms. The van der Waals surface area contributed by atoms with E-state index in [1.165, 1.54) is 12.2 Å². The van der Waals surface area contributed by atoms with Gasteiger partial charge in [-0.05, 0) is 27.4 Å². The van der Waals surface area contributed by atoms with Crippen molar-refractivity contribution >= 4 is 0 Å². The van der Waals surface area contributed by atoms with Gasteiger partial charge in [-0.3, -0.25) is 5.01 Å². The summed E-state index contributed by atoms with van der Waals surface area (Å²) in [5.41, 5.74) is 7.28. The third-order valence-corrected chi connectivity index (χ3v) is 4.08. The van der Waals surface area contributed by atoms with Crippen molar-refractivity contribution in [2.75, 3.05) is 46.8 Å². The number of hydrogen-bond acceptors (Lipinski definition) is 5. The summed E-state index contributed by atoms with van der Waals surface area (Å²) < 4.78 is 0. The fourth-order valence-corrected chi connectivity index (χ4v) is 3.01. The van der Waals surface area contributed by atoms with Crippen LogP contribution < -0.4 is 5.73 Å². The second kappa shape index (κ2) is 5.36. The summed E-state index contributed by atoms with van der Waals surface area (Å²) in [5.74, 6) is 1.25. The molecule has 2 heterocycles. The summed E-state index contributed by atoms with van der Waals surface area (Å²) in [4.78, 5) is 4.78. The maximum absolute atomic E-state index is 6.25. The van der Waals surface area contributed by atoms with Crippen LogP contribution in [0.3, 0.4) is 0 Å². The van der Waals surface area contributed by atoms with Crippen LogP contribution >= 0.6 is 0 Å². The Kier molecular flexibility index (Phi) is 4.02. The fraction of sp³-hybridized carbons (Fsp3) is 0.846. The predicted molar refractivity (Wildman–Crippen MR) is 74.5 cm³/mol. The van der Waals surface area contributed by atoms with Gasteiger partial charge in [-0.15, -0.1) is 0 Å². The van der Waals surface area contributed by atoms with Gasteiger partial charge in [-0.1, -0.05) is 6.92 Å². The van der Waals surface area contributed by atoms with Gasteiger partial charge in [0, 0.05) is 32.2 Å². The molecule has 104 valence electrons. The molecule has 5 heteroatoms. The first-order valence-corrected chi connectivity index (χ1v) is 7.00. The van der Waals surface area contributed by atoms with E-state index < -0.39 is 0 Å². The Morgan fingerprint density at radius 2 is 2.00 bits per heavy atom. The van der Waals surface area contributed by atoms with Crippen molar-refractivity contribution in [3.05, 3.63) is 11.5 Å².